The Morgan fingerprint density at radius 2 is 1.62 bits per heavy atom. The number of carboxylic acid groups (broad SMARTS) is 1. The van der Waals surface area contributed by atoms with Gasteiger partial charge >= 0.3 is 5.97 Å². The molecule has 0 saturated heterocycles. The first-order valence-electron chi connectivity index (χ1n) is 4.28. The largest absolute Gasteiger partial charge is 0.478 e. The number of rotatable bonds is 1. The second-order valence-electron chi connectivity index (χ2n) is 2.44. The van der Waals surface area contributed by atoms with E-state index in [0.717, 1.165) is 11.4 Å². The molecule has 0 fully saturated rings. The summed E-state index contributed by atoms with van der Waals surface area (Å²) in [6, 6.07) is 3.10. The molecule has 0 spiro atoms. The van der Waals surface area contributed by atoms with Crippen LogP contribution in [-0.4, -0.2) is 16.1 Å². The predicted molar refractivity (Wildman–Crippen MR) is 52.0 cm³/mol. The third-order valence-corrected chi connectivity index (χ3v) is 1.33. The standard InChI is InChI=1S/C8H9NO2.C2H6/c1-5-3-7(8(10)11)4-6(2)9-5;1-2/h3-4H,1-2H3,(H,10,11);1-2H3. The van der Waals surface area contributed by atoms with Gasteiger partial charge < -0.3 is 5.11 Å². The highest BCUT2D eigenvalue weighted by Gasteiger charge is 2.03. The van der Waals surface area contributed by atoms with Crippen molar-refractivity contribution in [3.63, 3.8) is 0 Å². The normalized spacial score (nSPS) is 8.62. The Kier molecular flexibility index (Phi) is 4.74. The van der Waals surface area contributed by atoms with Crippen molar-refractivity contribution >= 4 is 5.97 Å². The second kappa shape index (κ2) is 5.30. The second-order valence-corrected chi connectivity index (χ2v) is 2.44. The topological polar surface area (TPSA) is 50.2 Å². The number of aromatic nitrogens is 1. The number of nitrogens with zero attached hydrogens (tertiary/aromatic N) is 1. The first-order valence-corrected chi connectivity index (χ1v) is 4.28. The summed E-state index contributed by atoms with van der Waals surface area (Å²) in [5, 5.41) is 8.61. The lowest BCUT2D eigenvalue weighted by Gasteiger charge is -1.97. The summed E-state index contributed by atoms with van der Waals surface area (Å²) < 4.78 is 0. The zero-order valence-corrected chi connectivity index (χ0v) is 8.46. The Morgan fingerprint density at radius 1 is 1.23 bits per heavy atom. The van der Waals surface area contributed by atoms with Gasteiger partial charge in [-0.25, -0.2) is 4.79 Å². The highest BCUT2D eigenvalue weighted by molar-refractivity contribution is 5.87. The Labute approximate surface area is 78.4 Å². The maximum atomic E-state index is 10.5. The van der Waals surface area contributed by atoms with Crippen molar-refractivity contribution in [2.45, 2.75) is 27.7 Å². The molecule has 0 bridgehead atoms. The summed E-state index contributed by atoms with van der Waals surface area (Å²) in [6.45, 7) is 7.55. The van der Waals surface area contributed by atoms with Crippen molar-refractivity contribution in [3.05, 3.63) is 29.1 Å². The van der Waals surface area contributed by atoms with Crippen LogP contribution in [0.15, 0.2) is 12.1 Å². The van der Waals surface area contributed by atoms with Crippen molar-refractivity contribution in [1.29, 1.82) is 0 Å². The van der Waals surface area contributed by atoms with E-state index in [9.17, 15) is 4.79 Å². The van der Waals surface area contributed by atoms with Crippen molar-refractivity contribution < 1.29 is 9.90 Å². The summed E-state index contributed by atoms with van der Waals surface area (Å²) in [7, 11) is 0. The number of aryl methyl sites for hydroxylation is 2. The van der Waals surface area contributed by atoms with Crippen LogP contribution in [0.2, 0.25) is 0 Å². The molecule has 1 aromatic heterocycles. The average Bonchev–Trinajstić information content (AvgIpc) is 2.06. The van der Waals surface area contributed by atoms with E-state index in [1.54, 1.807) is 26.0 Å². The molecule has 1 heterocycles. The highest BCUT2D eigenvalue weighted by atomic mass is 16.4. The maximum Gasteiger partial charge on any atom is 0.335 e. The van der Waals surface area contributed by atoms with Crippen molar-refractivity contribution in [1.82, 2.24) is 4.98 Å². The van der Waals surface area contributed by atoms with Gasteiger partial charge in [-0.05, 0) is 26.0 Å². The lowest BCUT2D eigenvalue weighted by molar-refractivity contribution is 0.0696. The first kappa shape index (κ1) is 11.6. The van der Waals surface area contributed by atoms with Gasteiger partial charge in [0.1, 0.15) is 0 Å². The Morgan fingerprint density at radius 3 is 1.92 bits per heavy atom. The van der Waals surface area contributed by atoms with Crippen LogP contribution in [0.4, 0.5) is 0 Å². The fourth-order valence-corrected chi connectivity index (χ4v) is 0.958. The van der Waals surface area contributed by atoms with Crippen LogP contribution >= 0.6 is 0 Å². The molecule has 0 aliphatic carbocycles. The number of carboxylic acids is 1. The summed E-state index contributed by atoms with van der Waals surface area (Å²) in [4.78, 5) is 14.5. The predicted octanol–water partition coefficient (Wildman–Crippen LogP) is 2.42. The molecule has 0 atom stereocenters. The summed E-state index contributed by atoms with van der Waals surface area (Å²) >= 11 is 0. The summed E-state index contributed by atoms with van der Waals surface area (Å²) in [5.41, 5.74) is 1.78. The monoisotopic (exact) mass is 181 g/mol. The Bertz CT molecular complexity index is 275. The molecule has 0 aliphatic rings. The van der Waals surface area contributed by atoms with E-state index in [1.165, 1.54) is 0 Å². The molecule has 0 radical (unpaired) electrons. The molecule has 1 N–H and O–H groups in total. The van der Waals surface area contributed by atoms with Crippen LogP contribution in [0.25, 0.3) is 0 Å². The molecule has 0 aromatic carbocycles. The van der Waals surface area contributed by atoms with E-state index in [2.05, 4.69) is 4.98 Å². The van der Waals surface area contributed by atoms with E-state index in [1.807, 2.05) is 13.8 Å². The van der Waals surface area contributed by atoms with Gasteiger partial charge in [0.25, 0.3) is 0 Å². The van der Waals surface area contributed by atoms with Crippen LogP contribution in [0.3, 0.4) is 0 Å². The maximum absolute atomic E-state index is 10.5. The number of hydrogen-bond donors (Lipinski definition) is 1. The van der Waals surface area contributed by atoms with E-state index in [-0.39, 0.29) is 0 Å². The van der Waals surface area contributed by atoms with E-state index >= 15 is 0 Å². The zero-order valence-electron chi connectivity index (χ0n) is 8.46. The molecule has 13 heavy (non-hydrogen) atoms. The lowest BCUT2D eigenvalue weighted by atomic mass is 10.2. The summed E-state index contributed by atoms with van der Waals surface area (Å²) in [6.07, 6.45) is 0. The van der Waals surface area contributed by atoms with Gasteiger partial charge in [0.05, 0.1) is 5.56 Å². The van der Waals surface area contributed by atoms with Crippen LogP contribution in [0.1, 0.15) is 35.6 Å². The van der Waals surface area contributed by atoms with E-state index in [4.69, 9.17) is 5.11 Å². The third-order valence-electron chi connectivity index (χ3n) is 1.33. The molecule has 0 amide bonds. The minimum Gasteiger partial charge on any atom is -0.478 e. The average molecular weight is 181 g/mol. The molecule has 1 aromatic rings. The van der Waals surface area contributed by atoms with Gasteiger partial charge in [-0.15, -0.1) is 0 Å². The van der Waals surface area contributed by atoms with Crippen LogP contribution in [0.5, 0.6) is 0 Å². The molecule has 72 valence electrons. The highest BCUT2D eigenvalue weighted by Crippen LogP contribution is 2.03. The van der Waals surface area contributed by atoms with Crippen molar-refractivity contribution in [2.24, 2.45) is 0 Å². The molecule has 3 heteroatoms. The van der Waals surface area contributed by atoms with Gasteiger partial charge in [-0.1, -0.05) is 13.8 Å². The Hall–Kier alpha value is -1.38. The van der Waals surface area contributed by atoms with Crippen LogP contribution in [0, 0.1) is 13.8 Å². The van der Waals surface area contributed by atoms with Gasteiger partial charge in [0.15, 0.2) is 0 Å². The molecule has 0 saturated carbocycles. The zero-order chi connectivity index (χ0) is 10.4. The number of carbonyl (C=O) groups is 1. The SMILES string of the molecule is CC.Cc1cc(C(=O)O)cc(C)n1. The number of pyridine rings is 1. The van der Waals surface area contributed by atoms with Gasteiger partial charge in [-0.3, -0.25) is 4.98 Å². The van der Waals surface area contributed by atoms with Gasteiger partial charge in [0.2, 0.25) is 0 Å². The molecular weight excluding hydrogens is 166 g/mol. The van der Waals surface area contributed by atoms with E-state index in [0.29, 0.717) is 5.56 Å². The number of hydrogen-bond acceptors (Lipinski definition) is 2. The summed E-state index contributed by atoms with van der Waals surface area (Å²) in [5.74, 6) is -0.904. The van der Waals surface area contributed by atoms with Crippen LogP contribution < -0.4 is 0 Å². The van der Waals surface area contributed by atoms with E-state index < -0.39 is 5.97 Å². The molecule has 1 rings (SSSR count). The molecule has 0 unspecified atom stereocenters. The number of aromatic carboxylic acids is 1. The fraction of sp³-hybridized carbons (Fsp3) is 0.400. The quantitative estimate of drug-likeness (QED) is 0.723. The molecular formula is C10H15NO2. The third kappa shape index (κ3) is 3.69. The first-order chi connectivity index (χ1) is 6.09. The minimum absolute atomic E-state index is 0.301. The van der Waals surface area contributed by atoms with Gasteiger partial charge in [-0.2, -0.15) is 0 Å². The smallest absolute Gasteiger partial charge is 0.335 e. The van der Waals surface area contributed by atoms with Crippen LogP contribution in [-0.2, 0) is 0 Å². The molecule has 0 aliphatic heterocycles. The fourth-order valence-electron chi connectivity index (χ4n) is 0.958. The van der Waals surface area contributed by atoms with Gasteiger partial charge in [0, 0.05) is 11.4 Å². The lowest BCUT2D eigenvalue weighted by Crippen LogP contribution is -1.99. The Balaban J connectivity index is 0.000000671. The molecule has 3 nitrogen and oxygen atoms in total. The van der Waals surface area contributed by atoms with Crippen molar-refractivity contribution in [2.75, 3.05) is 0 Å². The van der Waals surface area contributed by atoms with Crippen molar-refractivity contribution in [3.8, 4) is 0 Å². The minimum atomic E-state index is -0.904.